The van der Waals surface area contributed by atoms with Crippen molar-refractivity contribution in [3.05, 3.63) is 59.7 Å². The van der Waals surface area contributed by atoms with Gasteiger partial charge in [-0.3, -0.25) is 19.9 Å². The number of hydrazine groups is 1. The van der Waals surface area contributed by atoms with E-state index in [-0.39, 0.29) is 29.8 Å². The lowest BCUT2D eigenvalue weighted by atomic mass is 9.83. The van der Waals surface area contributed by atoms with Gasteiger partial charge in [-0.1, -0.05) is 43.2 Å². The number of amides is 1. The fraction of sp³-hybridized carbons (Fsp3) is 0.440. The molecule has 2 aliphatic rings. The Hall–Kier alpha value is -2.70. The van der Waals surface area contributed by atoms with Gasteiger partial charge in [0.1, 0.15) is 12.1 Å². The zero-order valence-electron chi connectivity index (χ0n) is 18.5. The van der Waals surface area contributed by atoms with E-state index in [1.165, 1.54) is 11.1 Å². The minimum Gasteiger partial charge on any atom is -0.325 e. The summed E-state index contributed by atoms with van der Waals surface area (Å²) >= 11 is 0. The third-order valence-electron chi connectivity index (χ3n) is 6.37. The van der Waals surface area contributed by atoms with E-state index < -0.39 is 5.92 Å². The van der Waals surface area contributed by atoms with Gasteiger partial charge in [-0.25, -0.2) is 5.43 Å². The third kappa shape index (κ3) is 4.50. The number of benzene rings is 2. The van der Waals surface area contributed by atoms with Crippen molar-refractivity contribution in [3.8, 4) is 0 Å². The number of carbonyl (C=O) groups excluding carboxylic acids is 2. The maximum Gasteiger partial charge on any atom is 0.236 e. The molecule has 3 N–H and O–H groups in total. The number of rotatable bonds is 6. The van der Waals surface area contributed by atoms with E-state index in [4.69, 9.17) is 0 Å². The predicted molar refractivity (Wildman–Crippen MR) is 124 cm³/mol. The van der Waals surface area contributed by atoms with Gasteiger partial charge in [-0.2, -0.15) is 0 Å². The molecule has 0 bridgehead atoms. The molecule has 1 amide bonds. The number of Topliss-reactive ketones (excluding diaryl/α,β-unsaturated/α-hetero) is 1. The molecule has 0 aromatic heterocycles. The summed E-state index contributed by atoms with van der Waals surface area (Å²) in [6.45, 7) is 6.56. The van der Waals surface area contributed by atoms with E-state index >= 15 is 0 Å². The number of aryl methyl sites for hydroxylation is 2. The van der Waals surface area contributed by atoms with Crippen LogP contribution in [0.4, 0.5) is 11.4 Å². The highest BCUT2D eigenvalue weighted by molar-refractivity contribution is 6.09. The highest BCUT2D eigenvalue weighted by Gasteiger charge is 2.50. The molecule has 4 atom stereocenters. The lowest BCUT2D eigenvalue weighted by molar-refractivity contribution is -0.136. The van der Waals surface area contributed by atoms with Crippen molar-refractivity contribution in [1.29, 1.82) is 0 Å². The summed E-state index contributed by atoms with van der Waals surface area (Å²) in [4.78, 5) is 26.2. The van der Waals surface area contributed by atoms with Gasteiger partial charge in [0.2, 0.25) is 5.91 Å². The van der Waals surface area contributed by atoms with E-state index in [1.54, 1.807) is 0 Å². The van der Waals surface area contributed by atoms with Crippen molar-refractivity contribution in [1.82, 2.24) is 10.7 Å². The van der Waals surface area contributed by atoms with Crippen molar-refractivity contribution >= 4 is 23.1 Å². The van der Waals surface area contributed by atoms with Gasteiger partial charge >= 0.3 is 0 Å². The van der Waals surface area contributed by atoms with Crippen molar-refractivity contribution in [2.75, 3.05) is 16.9 Å². The van der Waals surface area contributed by atoms with Gasteiger partial charge in [-0.05, 0) is 56.5 Å². The lowest BCUT2D eigenvalue weighted by Gasteiger charge is -2.35. The second-order valence-electron chi connectivity index (χ2n) is 8.75. The molecule has 6 nitrogen and oxygen atoms in total. The van der Waals surface area contributed by atoms with Crippen LogP contribution in [0.1, 0.15) is 37.8 Å². The molecule has 0 spiro atoms. The van der Waals surface area contributed by atoms with Gasteiger partial charge in [-0.15, -0.1) is 0 Å². The van der Waals surface area contributed by atoms with Gasteiger partial charge < -0.3 is 5.32 Å². The normalized spacial score (nSPS) is 25.4. The molecule has 2 aliphatic heterocycles. The van der Waals surface area contributed by atoms with Gasteiger partial charge in [0, 0.05) is 18.3 Å². The standard InChI is InChI=1S/C25H32N4O2/c1-4-5-6-18-9-11-19(12-10-18)27-25(31)21-15-26-24-22(23(21)30)17(3)28-29(24)20-13-7-16(2)8-14-20/h7-14,17,21-22,24,26,28H,4-6,15H2,1-3H3,(H,27,31). The Labute approximate surface area is 184 Å². The minimum absolute atomic E-state index is 0.00423. The van der Waals surface area contributed by atoms with Crippen LogP contribution in [0.25, 0.3) is 0 Å². The van der Waals surface area contributed by atoms with Crippen LogP contribution in [0.5, 0.6) is 0 Å². The molecule has 2 aromatic carbocycles. The van der Waals surface area contributed by atoms with Gasteiger partial charge in [0.25, 0.3) is 0 Å². The zero-order chi connectivity index (χ0) is 22.0. The van der Waals surface area contributed by atoms with Crippen LogP contribution in [0, 0.1) is 18.8 Å². The summed E-state index contributed by atoms with van der Waals surface area (Å²) < 4.78 is 0. The number of fused-ring (bicyclic) bond motifs is 1. The minimum atomic E-state index is -0.691. The summed E-state index contributed by atoms with van der Waals surface area (Å²) in [7, 11) is 0. The van der Waals surface area contributed by atoms with Crippen LogP contribution in [0.15, 0.2) is 48.5 Å². The average molecular weight is 421 g/mol. The molecule has 4 rings (SSSR count). The molecule has 2 saturated heterocycles. The van der Waals surface area contributed by atoms with Crippen LogP contribution in [-0.2, 0) is 16.0 Å². The first-order chi connectivity index (χ1) is 15.0. The number of ketones is 1. The summed E-state index contributed by atoms with van der Waals surface area (Å²) in [6, 6.07) is 16.1. The first-order valence-electron chi connectivity index (χ1n) is 11.3. The Balaban J connectivity index is 1.42. The molecule has 0 radical (unpaired) electrons. The third-order valence-corrected chi connectivity index (χ3v) is 6.37. The molecule has 6 heteroatoms. The van der Waals surface area contributed by atoms with E-state index in [0.29, 0.717) is 6.54 Å². The fourth-order valence-corrected chi connectivity index (χ4v) is 4.53. The van der Waals surface area contributed by atoms with E-state index in [2.05, 4.69) is 42.0 Å². The number of hydrogen-bond donors (Lipinski definition) is 3. The molecule has 2 fully saturated rings. The van der Waals surface area contributed by atoms with Crippen molar-refractivity contribution < 1.29 is 9.59 Å². The summed E-state index contributed by atoms with van der Waals surface area (Å²) in [5.41, 5.74) is 7.61. The number of nitrogens with zero attached hydrogens (tertiary/aromatic N) is 1. The smallest absolute Gasteiger partial charge is 0.236 e. The number of anilines is 2. The summed E-state index contributed by atoms with van der Waals surface area (Å²) in [5, 5.41) is 8.39. The fourth-order valence-electron chi connectivity index (χ4n) is 4.53. The molecule has 4 unspecified atom stereocenters. The highest BCUT2D eigenvalue weighted by atomic mass is 16.2. The average Bonchev–Trinajstić information content (AvgIpc) is 3.11. The first-order valence-corrected chi connectivity index (χ1v) is 11.3. The second-order valence-corrected chi connectivity index (χ2v) is 8.75. The zero-order valence-corrected chi connectivity index (χ0v) is 18.5. The monoisotopic (exact) mass is 420 g/mol. The summed E-state index contributed by atoms with van der Waals surface area (Å²) in [5.74, 6) is -1.22. The Morgan fingerprint density at radius 3 is 2.52 bits per heavy atom. The highest BCUT2D eigenvalue weighted by Crippen LogP contribution is 2.32. The lowest BCUT2D eigenvalue weighted by Crippen LogP contribution is -2.58. The molecule has 2 aromatic rings. The molecule has 31 heavy (non-hydrogen) atoms. The molecular weight excluding hydrogens is 388 g/mol. The van der Waals surface area contributed by atoms with Crippen LogP contribution >= 0.6 is 0 Å². The van der Waals surface area contributed by atoms with Gasteiger partial charge in [0.05, 0.1) is 11.6 Å². The van der Waals surface area contributed by atoms with Crippen molar-refractivity contribution in [2.24, 2.45) is 11.8 Å². The number of unbranched alkanes of at least 4 members (excludes halogenated alkanes) is 1. The Kier molecular flexibility index (Phi) is 6.39. The maximum absolute atomic E-state index is 13.3. The molecular formula is C25H32N4O2. The van der Waals surface area contributed by atoms with Crippen molar-refractivity contribution in [2.45, 2.75) is 52.2 Å². The summed E-state index contributed by atoms with van der Waals surface area (Å²) in [6.07, 6.45) is 3.20. The quantitative estimate of drug-likeness (QED) is 0.625. The van der Waals surface area contributed by atoms with E-state index in [9.17, 15) is 9.59 Å². The SMILES string of the molecule is CCCCc1ccc(NC(=O)C2CNC3C(C2=O)C(C)NN3c2ccc(C)cc2)cc1. The Bertz CT molecular complexity index is 926. The Morgan fingerprint density at radius 2 is 1.84 bits per heavy atom. The number of carbonyl (C=O) groups is 2. The first kappa shape index (κ1) is 21.5. The van der Waals surface area contributed by atoms with E-state index in [0.717, 1.165) is 30.6 Å². The Morgan fingerprint density at radius 1 is 1.13 bits per heavy atom. The number of piperidine rings is 1. The molecule has 164 valence electrons. The second kappa shape index (κ2) is 9.20. The molecule has 2 heterocycles. The largest absolute Gasteiger partial charge is 0.325 e. The topological polar surface area (TPSA) is 73.5 Å². The van der Waals surface area contributed by atoms with Crippen LogP contribution < -0.4 is 21.1 Å². The van der Waals surface area contributed by atoms with Crippen LogP contribution in [0.2, 0.25) is 0 Å². The maximum atomic E-state index is 13.3. The van der Waals surface area contributed by atoms with Gasteiger partial charge in [0.15, 0.2) is 5.78 Å². The van der Waals surface area contributed by atoms with E-state index in [1.807, 2.05) is 48.3 Å². The number of nitrogens with one attached hydrogen (secondary N) is 3. The predicted octanol–water partition coefficient (Wildman–Crippen LogP) is 3.42. The molecule has 0 aliphatic carbocycles. The van der Waals surface area contributed by atoms with Crippen LogP contribution in [-0.4, -0.2) is 30.4 Å². The van der Waals surface area contributed by atoms with Crippen molar-refractivity contribution in [3.63, 3.8) is 0 Å². The number of hydrogen-bond acceptors (Lipinski definition) is 5. The molecule has 0 saturated carbocycles. The van der Waals surface area contributed by atoms with Crippen LogP contribution in [0.3, 0.4) is 0 Å².